The van der Waals surface area contributed by atoms with Crippen molar-refractivity contribution in [2.24, 2.45) is 0 Å². The van der Waals surface area contributed by atoms with Crippen molar-refractivity contribution in [3.05, 3.63) is 10.6 Å². The van der Waals surface area contributed by atoms with Gasteiger partial charge in [0, 0.05) is 4.88 Å². The van der Waals surface area contributed by atoms with Gasteiger partial charge >= 0.3 is 12.1 Å². The molecular formula is C13H18N2O4S. The number of aliphatic carboxylic acids is 1. The zero-order chi connectivity index (χ0) is 14.9. The Labute approximate surface area is 121 Å². The minimum atomic E-state index is -0.835. The monoisotopic (exact) mass is 298 g/mol. The molecule has 0 aliphatic heterocycles. The number of carboxylic acids is 1. The van der Waals surface area contributed by atoms with E-state index in [1.54, 1.807) is 20.8 Å². The summed E-state index contributed by atoms with van der Waals surface area (Å²) in [6, 6.07) is 0. The number of rotatable bonds is 2. The third-order valence-corrected chi connectivity index (χ3v) is 3.98. The third kappa shape index (κ3) is 3.47. The lowest BCUT2D eigenvalue weighted by atomic mass is 9.92. The fraction of sp³-hybridized carbons (Fsp3) is 0.615. The van der Waals surface area contributed by atoms with E-state index in [1.807, 2.05) is 0 Å². The molecule has 0 spiro atoms. The fourth-order valence-corrected chi connectivity index (χ4v) is 3.22. The number of thiazole rings is 1. The summed E-state index contributed by atoms with van der Waals surface area (Å²) in [7, 11) is 0. The summed E-state index contributed by atoms with van der Waals surface area (Å²) in [6.07, 6.45) is 1.61. The summed E-state index contributed by atoms with van der Waals surface area (Å²) in [6.45, 7) is 5.33. The summed E-state index contributed by atoms with van der Waals surface area (Å²) in [4.78, 5) is 27.9. The Kier molecular flexibility index (Phi) is 3.99. The molecule has 1 heterocycles. The van der Waals surface area contributed by atoms with Crippen molar-refractivity contribution in [2.45, 2.75) is 51.6 Å². The van der Waals surface area contributed by atoms with Gasteiger partial charge in [0.05, 0.1) is 11.6 Å². The van der Waals surface area contributed by atoms with E-state index in [0.717, 1.165) is 23.4 Å². The molecule has 1 unspecified atom stereocenters. The molecule has 2 N–H and O–H groups in total. The topological polar surface area (TPSA) is 88.5 Å². The summed E-state index contributed by atoms with van der Waals surface area (Å²) >= 11 is 1.22. The lowest BCUT2D eigenvalue weighted by Gasteiger charge is -2.18. The highest BCUT2D eigenvalue weighted by atomic mass is 32.1. The zero-order valence-corrected chi connectivity index (χ0v) is 12.5. The maximum atomic E-state index is 11.7. The van der Waals surface area contributed by atoms with Gasteiger partial charge in [-0.05, 0) is 40.0 Å². The molecule has 0 bridgehead atoms. The lowest BCUT2D eigenvalue weighted by Crippen LogP contribution is -2.27. The van der Waals surface area contributed by atoms with Gasteiger partial charge in [-0.1, -0.05) is 0 Å². The first-order valence-electron chi connectivity index (χ1n) is 6.48. The predicted molar refractivity (Wildman–Crippen MR) is 75.3 cm³/mol. The number of ether oxygens (including phenoxy) is 1. The van der Waals surface area contributed by atoms with Crippen LogP contribution >= 0.6 is 11.3 Å². The van der Waals surface area contributed by atoms with Gasteiger partial charge in [0.25, 0.3) is 0 Å². The first-order valence-corrected chi connectivity index (χ1v) is 7.30. The molecule has 1 aromatic heterocycles. The molecule has 0 saturated heterocycles. The first kappa shape index (κ1) is 14.8. The number of amides is 1. The third-order valence-electron chi connectivity index (χ3n) is 2.86. The van der Waals surface area contributed by atoms with Crippen LogP contribution in [0.3, 0.4) is 0 Å². The maximum absolute atomic E-state index is 11.7. The van der Waals surface area contributed by atoms with Crippen molar-refractivity contribution in [1.82, 2.24) is 4.98 Å². The number of anilines is 1. The Hall–Kier alpha value is -1.63. The van der Waals surface area contributed by atoms with Gasteiger partial charge < -0.3 is 9.84 Å². The first-order chi connectivity index (χ1) is 9.26. The highest BCUT2D eigenvalue weighted by Gasteiger charge is 2.30. The van der Waals surface area contributed by atoms with Crippen LogP contribution in [0, 0.1) is 0 Å². The Bertz CT molecular complexity index is 533. The van der Waals surface area contributed by atoms with E-state index in [2.05, 4.69) is 10.3 Å². The van der Waals surface area contributed by atoms with Crippen LogP contribution in [-0.4, -0.2) is 27.8 Å². The summed E-state index contributed by atoms with van der Waals surface area (Å²) in [5.41, 5.74) is 0.199. The summed E-state index contributed by atoms with van der Waals surface area (Å²) in [5.74, 6) is -1.34. The van der Waals surface area contributed by atoms with Gasteiger partial charge in [0.15, 0.2) is 5.13 Å². The van der Waals surface area contributed by atoms with Gasteiger partial charge in [-0.2, -0.15) is 0 Å². The van der Waals surface area contributed by atoms with E-state index in [4.69, 9.17) is 4.74 Å². The molecule has 1 aromatic rings. The SMILES string of the molecule is CC(C)(C)OC(=O)Nc1nc2c(s1)C(C(=O)O)CCC2. The van der Waals surface area contributed by atoms with E-state index < -0.39 is 23.6 Å². The molecule has 1 aliphatic rings. The van der Waals surface area contributed by atoms with Crippen LogP contribution < -0.4 is 5.32 Å². The molecule has 0 radical (unpaired) electrons. The van der Waals surface area contributed by atoms with Crippen molar-refractivity contribution in [3.8, 4) is 0 Å². The van der Waals surface area contributed by atoms with Crippen LogP contribution in [0.2, 0.25) is 0 Å². The highest BCUT2D eigenvalue weighted by molar-refractivity contribution is 7.16. The van der Waals surface area contributed by atoms with Crippen molar-refractivity contribution >= 4 is 28.5 Å². The minimum absolute atomic E-state index is 0.400. The second kappa shape index (κ2) is 5.40. The van der Waals surface area contributed by atoms with Crippen LogP contribution in [0.1, 0.15) is 50.1 Å². The van der Waals surface area contributed by atoms with Crippen LogP contribution in [-0.2, 0) is 16.0 Å². The van der Waals surface area contributed by atoms with Crippen LogP contribution in [0.4, 0.5) is 9.93 Å². The standard InChI is InChI=1S/C13H18N2O4S/c1-13(2,3)19-12(18)15-11-14-8-6-4-5-7(10(16)17)9(8)20-11/h7H,4-6H2,1-3H3,(H,16,17)(H,14,15,18). The van der Waals surface area contributed by atoms with Crippen molar-refractivity contribution in [1.29, 1.82) is 0 Å². The molecule has 7 heteroatoms. The largest absolute Gasteiger partial charge is 0.481 e. The maximum Gasteiger partial charge on any atom is 0.413 e. The number of nitrogens with one attached hydrogen (secondary N) is 1. The van der Waals surface area contributed by atoms with E-state index in [9.17, 15) is 14.7 Å². The van der Waals surface area contributed by atoms with Gasteiger partial charge in [-0.15, -0.1) is 11.3 Å². The average Bonchev–Trinajstić information content (AvgIpc) is 2.67. The summed E-state index contributed by atoms with van der Waals surface area (Å²) < 4.78 is 5.15. The second-order valence-corrected chi connectivity index (χ2v) is 6.77. The fourth-order valence-electron chi connectivity index (χ4n) is 2.10. The van der Waals surface area contributed by atoms with Crippen LogP contribution in [0.5, 0.6) is 0 Å². The van der Waals surface area contributed by atoms with E-state index in [-0.39, 0.29) is 0 Å². The molecule has 1 atom stereocenters. The lowest BCUT2D eigenvalue weighted by molar-refractivity contribution is -0.139. The van der Waals surface area contributed by atoms with E-state index in [0.29, 0.717) is 11.6 Å². The second-order valence-electron chi connectivity index (χ2n) is 5.74. The number of carbonyl (C=O) groups is 2. The number of carbonyl (C=O) groups excluding carboxylic acids is 1. The van der Waals surface area contributed by atoms with Crippen LogP contribution in [0.25, 0.3) is 0 Å². The summed E-state index contributed by atoms with van der Waals surface area (Å²) in [5, 5.41) is 12.2. The van der Waals surface area contributed by atoms with Crippen molar-refractivity contribution < 1.29 is 19.4 Å². The normalized spacial score (nSPS) is 18.2. The smallest absolute Gasteiger partial charge is 0.413 e. The van der Waals surface area contributed by atoms with Gasteiger partial charge in [-0.25, -0.2) is 9.78 Å². The highest BCUT2D eigenvalue weighted by Crippen LogP contribution is 2.37. The number of hydrogen-bond donors (Lipinski definition) is 2. The molecule has 1 aliphatic carbocycles. The van der Waals surface area contributed by atoms with Crippen LogP contribution in [0.15, 0.2) is 0 Å². The van der Waals surface area contributed by atoms with E-state index >= 15 is 0 Å². The number of aromatic nitrogens is 1. The predicted octanol–water partition coefficient (Wildman–Crippen LogP) is 2.99. The molecule has 0 aromatic carbocycles. The Morgan fingerprint density at radius 2 is 2.15 bits per heavy atom. The minimum Gasteiger partial charge on any atom is -0.481 e. The van der Waals surface area contributed by atoms with Gasteiger partial charge in [0.2, 0.25) is 0 Å². The number of hydrogen-bond acceptors (Lipinski definition) is 5. The van der Waals surface area contributed by atoms with Crippen molar-refractivity contribution in [3.63, 3.8) is 0 Å². The molecule has 2 rings (SSSR count). The molecular weight excluding hydrogens is 280 g/mol. The Morgan fingerprint density at radius 3 is 2.75 bits per heavy atom. The molecule has 0 fully saturated rings. The Morgan fingerprint density at radius 1 is 1.45 bits per heavy atom. The molecule has 6 nitrogen and oxygen atoms in total. The number of aryl methyl sites for hydroxylation is 1. The van der Waals surface area contributed by atoms with Gasteiger partial charge in [0.1, 0.15) is 5.60 Å². The quantitative estimate of drug-likeness (QED) is 0.876. The number of carboxylic acid groups (broad SMARTS) is 1. The molecule has 110 valence electrons. The average molecular weight is 298 g/mol. The van der Waals surface area contributed by atoms with Crippen molar-refractivity contribution in [2.75, 3.05) is 5.32 Å². The molecule has 1 amide bonds. The van der Waals surface area contributed by atoms with E-state index in [1.165, 1.54) is 11.3 Å². The number of nitrogens with zero attached hydrogens (tertiary/aromatic N) is 1. The van der Waals surface area contributed by atoms with Gasteiger partial charge in [-0.3, -0.25) is 10.1 Å². The molecule has 20 heavy (non-hydrogen) atoms. The molecule has 0 saturated carbocycles. The Balaban J connectivity index is 2.12. The zero-order valence-electron chi connectivity index (χ0n) is 11.7. The number of fused-ring (bicyclic) bond motifs is 1.